The number of nitro groups is 1. The first kappa shape index (κ1) is 15.5. The van der Waals surface area contributed by atoms with Gasteiger partial charge < -0.3 is 5.32 Å². The highest BCUT2D eigenvalue weighted by atomic mass is 16.6. The molecule has 2 atom stereocenters. The Balaban J connectivity index is 1.79. The van der Waals surface area contributed by atoms with Crippen LogP contribution in [-0.4, -0.2) is 27.3 Å². The topological polar surface area (TPSA) is 92.6 Å². The second kappa shape index (κ2) is 5.64. The van der Waals surface area contributed by atoms with E-state index >= 15 is 0 Å². The molecule has 7 nitrogen and oxygen atoms in total. The van der Waals surface area contributed by atoms with Gasteiger partial charge in [-0.25, -0.2) is 4.79 Å². The van der Waals surface area contributed by atoms with E-state index in [0.29, 0.717) is 12.0 Å². The van der Waals surface area contributed by atoms with E-state index in [9.17, 15) is 19.7 Å². The summed E-state index contributed by atoms with van der Waals surface area (Å²) in [5.74, 6) is -0.0531. The van der Waals surface area contributed by atoms with Gasteiger partial charge in [-0.1, -0.05) is 31.9 Å². The van der Waals surface area contributed by atoms with Gasteiger partial charge in [0, 0.05) is 12.1 Å². The predicted molar refractivity (Wildman–Crippen MR) is 82.5 cm³/mol. The quantitative estimate of drug-likeness (QED) is 0.527. The van der Waals surface area contributed by atoms with E-state index in [0.717, 1.165) is 19.3 Å². The molecule has 7 heteroatoms. The molecular weight excluding hydrogens is 298 g/mol. The minimum Gasteiger partial charge on any atom is -0.323 e. The van der Waals surface area contributed by atoms with E-state index < -0.39 is 10.5 Å². The number of hydrogen-bond donors (Lipinski definition) is 1. The van der Waals surface area contributed by atoms with Crippen LogP contribution < -0.4 is 5.32 Å². The number of non-ortho nitro benzene ring substituents is 1. The van der Waals surface area contributed by atoms with Gasteiger partial charge in [0.15, 0.2) is 0 Å². The van der Waals surface area contributed by atoms with Crippen molar-refractivity contribution < 1.29 is 14.5 Å². The molecule has 0 bridgehead atoms. The third-order valence-electron chi connectivity index (χ3n) is 4.99. The summed E-state index contributed by atoms with van der Waals surface area (Å²) in [6, 6.07) is 5.55. The Morgan fingerprint density at radius 1 is 1.30 bits per heavy atom. The van der Waals surface area contributed by atoms with Crippen molar-refractivity contribution in [3.05, 3.63) is 39.9 Å². The number of nitro benzene ring substituents is 1. The average Bonchev–Trinajstić information content (AvgIpc) is 2.76. The molecule has 3 amide bonds. The molecule has 1 saturated carbocycles. The van der Waals surface area contributed by atoms with Crippen molar-refractivity contribution in [1.82, 2.24) is 10.2 Å². The van der Waals surface area contributed by atoms with Gasteiger partial charge in [-0.15, -0.1) is 0 Å². The first-order valence-corrected chi connectivity index (χ1v) is 7.81. The lowest BCUT2D eigenvalue weighted by Gasteiger charge is -2.36. The molecule has 122 valence electrons. The first-order valence-electron chi connectivity index (χ1n) is 7.81. The van der Waals surface area contributed by atoms with Crippen molar-refractivity contribution in [2.45, 2.75) is 44.7 Å². The van der Waals surface area contributed by atoms with Crippen LogP contribution in [0, 0.1) is 16.0 Å². The Labute approximate surface area is 133 Å². The predicted octanol–water partition coefficient (Wildman–Crippen LogP) is 2.60. The summed E-state index contributed by atoms with van der Waals surface area (Å²) in [7, 11) is 0. The number of carbonyl (C=O) groups is 2. The molecule has 2 unspecified atom stereocenters. The molecule has 0 radical (unpaired) electrons. The van der Waals surface area contributed by atoms with E-state index in [-0.39, 0.29) is 30.1 Å². The van der Waals surface area contributed by atoms with Crippen LogP contribution in [0.5, 0.6) is 0 Å². The van der Waals surface area contributed by atoms with E-state index in [1.165, 1.54) is 17.0 Å². The lowest BCUT2D eigenvalue weighted by molar-refractivity contribution is -0.384. The smallest absolute Gasteiger partial charge is 0.323 e. The van der Waals surface area contributed by atoms with Gasteiger partial charge in [-0.05, 0) is 24.3 Å². The largest absolute Gasteiger partial charge is 0.325 e. The molecule has 1 aromatic rings. The molecule has 23 heavy (non-hydrogen) atoms. The van der Waals surface area contributed by atoms with Crippen LogP contribution in [0.4, 0.5) is 10.5 Å². The van der Waals surface area contributed by atoms with Crippen LogP contribution in [-0.2, 0) is 11.3 Å². The maximum Gasteiger partial charge on any atom is 0.325 e. The number of rotatable bonds is 3. The normalized spacial score (nSPS) is 27.3. The summed E-state index contributed by atoms with van der Waals surface area (Å²) in [5.41, 5.74) is -0.0845. The molecule has 1 aliphatic carbocycles. The summed E-state index contributed by atoms with van der Waals surface area (Å²) in [6.07, 6.45) is 3.61. The van der Waals surface area contributed by atoms with Crippen molar-refractivity contribution in [2.24, 2.45) is 5.92 Å². The van der Waals surface area contributed by atoms with Crippen LogP contribution in [0.2, 0.25) is 0 Å². The van der Waals surface area contributed by atoms with Crippen molar-refractivity contribution in [3.63, 3.8) is 0 Å². The van der Waals surface area contributed by atoms with Crippen molar-refractivity contribution >= 4 is 17.6 Å². The number of carbonyl (C=O) groups excluding carboxylic acids is 2. The molecule has 3 rings (SSSR count). The molecule has 1 aliphatic heterocycles. The van der Waals surface area contributed by atoms with Crippen LogP contribution >= 0.6 is 0 Å². The standard InChI is InChI=1S/C16H19N3O4/c1-11-4-2-3-9-16(11)14(20)18(15(21)17-16)10-12-5-7-13(8-6-12)19(22)23/h5-8,11H,2-4,9-10H2,1H3,(H,17,21). The number of hydrogen-bond acceptors (Lipinski definition) is 4. The summed E-state index contributed by atoms with van der Waals surface area (Å²) in [4.78, 5) is 36.5. The molecule has 2 aliphatic rings. The maximum absolute atomic E-state index is 12.8. The van der Waals surface area contributed by atoms with Crippen molar-refractivity contribution in [1.29, 1.82) is 0 Å². The number of benzene rings is 1. The minimum atomic E-state index is -0.768. The Hall–Kier alpha value is -2.44. The fraction of sp³-hybridized carbons (Fsp3) is 0.500. The maximum atomic E-state index is 12.8. The number of amides is 3. The van der Waals surface area contributed by atoms with Gasteiger partial charge >= 0.3 is 6.03 Å². The minimum absolute atomic E-state index is 0.0108. The molecular formula is C16H19N3O4. The van der Waals surface area contributed by atoms with Crippen LogP contribution in [0.25, 0.3) is 0 Å². The van der Waals surface area contributed by atoms with Gasteiger partial charge in [0.05, 0.1) is 11.5 Å². The molecule has 1 saturated heterocycles. The summed E-state index contributed by atoms with van der Waals surface area (Å²) < 4.78 is 0. The fourth-order valence-electron chi connectivity index (χ4n) is 3.54. The molecule has 1 N–H and O–H groups in total. The highest BCUT2D eigenvalue weighted by Gasteiger charge is 2.54. The lowest BCUT2D eigenvalue weighted by atomic mass is 9.73. The summed E-state index contributed by atoms with van der Waals surface area (Å²) >= 11 is 0. The first-order chi connectivity index (χ1) is 10.9. The number of imide groups is 1. The Morgan fingerprint density at radius 3 is 2.61 bits per heavy atom. The number of nitrogens with zero attached hydrogens (tertiary/aromatic N) is 2. The van der Waals surface area contributed by atoms with E-state index in [1.54, 1.807) is 12.1 Å². The van der Waals surface area contributed by atoms with Crippen LogP contribution in [0.1, 0.15) is 38.2 Å². The lowest BCUT2D eigenvalue weighted by Crippen LogP contribution is -2.53. The van der Waals surface area contributed by atoms with Crippen molar-refractivity contribution in [2.75, 3.05) is 0 Å². The van der Waals surface area contributed by atoms with Gasteiger partial charge in [-0.3, -0.25) is 19.8 Å². The molecule has 1 aromatic carbocycles. The summed E-state index contributed by atoms with van der Waals surface area (Å²) in [5, 5.41) is 13.6. The van der Waals surface area contributed by atoms with E-state index in [2.05, 4.69) is 5.32 Å². The molecule has 2 fully saturated rings. The monoisotopic (exact) mass is 317 g/mol. The molecule has 0 aromatic heterocycles. The second-order valence-electron chi connectivity index (χ2n) is 6.36. The fourth-order valence-corrected chi connectivity index (χ4v) is 3.54. The third-order valence-corrected chi connectivity index (χ3v) is 4.99. The average molecular weight is 317 g/mol. The Morgan fingerprint density at radius 2 is 2.00 bits per heavy atom. The SMILES string of the molecule is CC1CCCCC12NC(=O)N(Cc1ccc([N+](=O)[O-])cc1)C2=O. The zero-order valence-electron chi connectivity index (χ0n) is 12.9. The van der Waals surface area contributed by atoms with Crippen LogP contribution in [0.3, 0.4) is 0 Å². The van der Waals surface area contributed by atoms with Crippen LogP contribution in [0.15, 0.2) is 24.3 Å². The number of urea groups is 1. The Kier molecular flexibility index (Phi) is 3.79. The Bertz CT molecular complexity index is 658. The molecule has 1 heterocycles. The van der Waals surface area contributed by atoms with Gasteiger partial charge in [-0.2, -0.15) is 0 Å². The second-order valence-corrected chi connectivity index (χ2v) is 6.36. The third kappa shape index (κ3) is 2.56. The van der Waals surface area contributed by atoms with E-state index in [4.69, 9.17) is 0 Å². The van der Waals surface area contributed by atoms with Gasteiger partial charge in [0.1, 0.15) is 5.54 Å². The molecule has 1 spiro atoms. The van der Waals surface area contributed by atoms with Crippen molar-refractivity contribution in [3.8, 4) is 0 Å². The zero-order chi connectivity index (χ0) is 16.6. The van der Waals surface area contributed by atoms with Gasteiger partial charge in [0.2, 0.25) is 0 Å². The van der Waals surface area contributed by atoms with E-state index in [1.807, 2.05) is 6.92 Å². The zero-order valence-corrected chi connectivity index (χ0v) is 12.9. The highest BCUT2D eigenvalue weighted by molar-refractivity contribution is 6.07. The number of nitrogens with one attached hydrogen (secondary N) is 1. The highest BCUT2D eigenvalue weighted by Crippen LogP contribution is 2.38. The van der Waals surface area contributed by atoms with Gasteiger partial charge in [0.25, 0.3) is 11.6 Å². The summed E-state index contributed by atoms with van der Waals surface area (Å²) in [6.45, 7) is 2.14.